The molecule has 0 amide bonds. The molecular weight excluding hydrogens is 262 g/mol. The van der Waals surface area contributed by atoms with Gasteiger partial charge in [0.15, 0.2) is 0 Å². The molecule has 3 aromatic rings. The van der Waals surface area contributed by atoms with E-state index in [1.165, 1.54) is 20.9 Å². The molecule has 0 aliphatic rings. The molecule has 1 nitrogen and oxygen atoms in total. The van der Waals surface area contributed by atoms with Crippen LogP contribution in [0.5, 0.6) is 0 Å². The van der Waals surface area contributed by atoms with Gasteiger partial charge in [0, 0.05) is 21.6 Å². The number of benzene rings is 2. The predicted octanol–water partition coefficient (Wildman–Crippen LogP) is 5.21. The van der Waals surface area contributed by atoms with Gasteiger partial charge in [-0.15, -0.1) is 0 Å². The Morgan fingerprint density at radius 3 is 2.35 bits per heavy atom. The van der Waals surface area contributed by atoms with Crippen molar-refractivity contribution < 1.29 is 0 Å². The summed E-state index contributed by atoms with van der Waals surface area (Å²) in [5.74, 6) is 0. The van der Waals surface area contributed by atoms with E-state index < -0.39 is 0 Å². The maximum Gasteiger partial charge on any atom is 0.0742 e. The van der Waals surface area contributed by atoms with E-state index in [1.54, 1.807) is 11.8 Å². The number of aromatic nitrogens is 1. The Labute approximate surface area is 123 Å². The van der Waals surface area contributed by atoms with Crippen LogP contribution in [0.25, 0.3) is 11.3 Å². The van der Waals surface area contributed by atoms with Gasteiger partial charge in [-0.1, -0.05) is 54.2 Å². The van der Waals surface area contributed by atoms with Crippen LogP contribution in [0.3, 0.4) is 0 Å². The first kappa shape index (κ1) is 12.9. The molecule has 0 saturated carbocycles. The summed E-state index contributed by atoms with van der Waals surface area (Å²) in [6.07, 6.45) is 1.85. The molecule has 0 radical (unpaired) electrons. The third-order valence-corrected chi connectivity index (χ3v) is 4.21. The summed E-state index contributed by atoms with van der Waals surface area (Å²) in [5.41, 5.74) is 3.46. The molecule has 0 saturated heterocycles. The zero-order valence-electron chi connectivity index (χ0n) is 11.3. The van der Waals surface area contributed by atoms with Gasteiger partial charge in [0.2, 0.25) is 0 Å². The van der Waals surface area contributed by atoms with Crippen molar-refractivity contribution in [3.8, 4) is 11.3 Å². The van der Waals surface area contributed by atoms with Crippen LogP contribution in [0, 0.1) is 6.92 Å². The lowest BCUT2D eigenvalue weighted by Gasteiger charge is -2.10. The fourth-order valence-electron chi connectivity index (χ4n) is 2.13. The van der Waals surface area contributed by atoms with Crippen molar-refractivity contribution in [2.75, 3.05) is 0 Å². The van der Waals surface area contributed by atoms with E-state index in [2.05, 4.69) is 66.5 Å². The largest absolute Gasteiger partial charge is 0.256 e. The van der Waals surface area contributed by atoms with Crippen LogP contribution >= 0.6 is 11.8 Å². The minimum Gasteiger partial charge on any atom is -0.256 e. The van der Waals surface area contributed by atoms with Crippen molar-refractivity contribution in [3.63, 3.8) is 0 Å². The van der Waals surface area contributed by atoms with E-state index in [0.717, 1.165) is 5.69 Å². The summed E-state index contributed by atoms with van der Waals surface area (Å²) < 4.78 is 0. The normalized spacial score (nSPS) is 10.4. The molecule has 0 aliphatic carbocycles. The third kappa shape index (κ3) is 2.75. The first-order valence-electron chi connectivity index (χ1n) is 6.58. The van der Waals surface area contributed by atoms with Crippen molar-refractivity contribution in [3.05, 3.63) is 78.5 Å². The second-order valence-corrected chi connectivity index (χ2v) is 5.70. The van der Waals surface area contributed by atoms with Gasteiger partial charge in [-0.2, -0.15) is 0 Å². The highest BCUT2D eigenvalue weighted by molar-refractivity contribution is 7.99. The van der Waals surface area contributed by atoms with Crippen LogP contribution in [-0.4, -0.2) is 4.98 Å². The lowest BCUT2D eigenvalue weighted by molar-refractivity contribution is 1.24. The highest BCUT2D eigenvalue weighted by Crippen LogP contribution is 2.35. The van der Waals surface area contributed by atoms with Crippen LogP contribution in [-0.2, 0) is 0 Å². The zero-order valence-corrected chi connectivity index (χ0v) is 12.1. The number of hydrogen-bond acceptors (Lipinski definition) is 2. The number of rotatable bonds is 3. The van der Waals surface area contributed by atoms with Gasteiger partial charge in [-0.25, -0.2) is 0 Å². The molecule has 0 N–H and O–H groups in total. The molecule has 0 bridgehead atoms. The average Bonchev–Trinajstić information content (AvgIpc) is 2.50. The summed E-state index contributed by atoms with van der Waals surface area (Å²) in [5, 5.41) is 0. The second kappa shape index (κ2) is 5.93. The number of aryl methyl sites for hydroxylation is 1. The lowest BCUT2D eigenvalue weighted by Crippen LogP contribution is -1.89. The minimum absolute atomic E-state index is 1.06. The minimum atomic E-state index is 1.06. The van der Waals surface area contributed by atoms with Crippen LogP contribution in [0.2, 0.25) is 0 Å². The predicted molar refractivity (Wildman–Crippen MR) is 85.0 cm³/mol. The van der Waals surface area contributed by atoms with Gasteiger partial charge in [-0.3, -0.25) is 4.98 Å². The first-order chi connectivity index (χ1) is 9.84. The fraction of sp³-hybridized carbons (Fsp3) is 0.0556. The van der Waals surface area contributed by atoms with E-state index in [9.17, 15) is 0 Å². The SMILES string of the molecule is Cc1cccnc1-c1ccccc1Sc1ccccc1. The summed E-state index contributed by atoms with van der Waals surface area (Å²) in [6.45, 7) is 2.10. The van der Waals surface area contributed by atoms with E-state index in [4.69, 9.17) is 0 Å². The molecule has 0 aliphatic heterocycles. The molecule has 2 heteroatoms. The van der Waals surface area contributed by atoms with Gasteiger partial charge >= 0.3 is 0 Å². The second-order valence-electron chi connectivity index (χ2n) is 4.58. The molecule has 0 spiro atoms. The number of hydrogen-bond donors (Lipinski definition) is 0. The monoisotopic (exact) mass is 277 g/mol. The van der Waals surface area contributed by atoms with Crippen molar-refractivity contribution in [2.24, 2.45) is 0 Å². The molecule has 0 atom stereocenters. The molecule has 0 unspecified atom stereocenters. The van der Waals surface area contributed by atoms with Crippen LogP contribution < -0.4 is 0 Å². The quantitative estimate of drug-likeness (QED) is 0.652. The molecule has 1 aromatic heterocycles. The molecule has 98 valence electrons. The van der Waals surface area contributed by atoms with Gasteiger partial charge in [-0.05, 0) is 36.8 Å². The molecule has 1 heterocycles. The van der Waals surface area contributed by atoms with Crippen molar-refractivity contribution in [1.82, 2.24) is 4.98 Å². The Morgan fingerprint density at radius 2 is 1.55 bits per heavy atom. The van der Waals surface area contributed by atoms with Crippen molar-refractivity contribution in [1.29, 1.82) is 0 Å². The van der Waals surface area contributed by atoms with E-state index >= 15 is 0 Å². The lowest BCUT2D eigenvalue weighted by atomic mass is 10.1. The molecule has 0 fully saturated rings. The zero-order chi connectivity index (χ0) is 13.8. The standard InChI is InChI=1S/C18H15NS/c1-14-8-7-13-19-18(14)16-11-5-6-12-17(16)20-15-9-3-2-4-10-15/h2-13H,1H3. The first-order valence-corrected chi connectivity index (χ1v) is 7.40. The summed E-state index contributed by atoms with van der Waals surface area (Å²) in [4.78, 5) is 7.02. The van der Waals surface area contributed by atoms with Gasteiger partial charge in [0.05, 0.1) is 5.69 Å². The maximum absolute atomic E-state index is 4.54. The van der Waals surface area contributed by atoms with Gasteiger partial charge in [0.25, 0.3) is 0 Å². The van der Waals surface area contributed by atoms with Gasteiger partial charge in [0.1, 0.15) is 0 Å². The van der Waals surface area contributed by atoms with Crippen molar-refractivity contribution >= 4 is 11.8 Å². The number of pyridine rings is 1. The average molecular weight is 277 g/mol. The fourth-order valence-corrected chi connectivity index (χ4v) is 3.10. The molecule has 2 aromatic carbocycles. The van der Waals surface area contributed by atoms with E-state index in [-0.39, 0.29) is 0 Å². The molecule has 3 rings (SSSR count). The Bertz CT molecular complexity index is 707. The summed E-state index contributed by atoms with van der Waals surface area (Å²) in [6, 6.07) is 23.0. The molecular formula is C18H15NS. The topological polar surface area (TPSA) is 12.9 Å². The highest BCUT2D eigenvalue weighted by Gasteiger charge is 2.09. The Balaban J connectivity index is 2.03. The highest BCUT2D eigenvalue weighted by atomic mass is 32.2. The van der Waals surface area contributed by atoms with Crippen LogP contribution in [0.15, 0.2) is 82.7 Å². The smallest absolute Gasteiger partial charge is 0.0742 e. The third-order valence-electron chi connectivity index (χ3n) is 3.12. The van der Waals surface area contributed by atoms with Crippen LogP contribution in [0.4, 0.5) is 0 Å². The Morgan fingerprint density at radius 1 is 0.800 bits per heavy atom. The van der Waals surface area contributed by atoms with E-state index in [1.807, 2.05) is 18.3 Å². The maximum atomic E-state index is 4.54. The summed E-state index contributed by atoms with van der Waals surface area (Å²) in [7, 11) is 0. The van der Waals surface area contributed by atoms with Crippen molar-refractivity contribution in [2.45, 2.75) is 16.7 Å². The van der Waals surface area contributed by atoms with Gasteiger partial charge < -0.3 is 0 Å². The summed E-state index contributed by atoms with van der Waals surface area (Å²) >= 11 is 1.78. The van der Waals surface area contributed by atoms with E-state index in [0.29, 0.717) is 0 Å². The number of nitrogens with zero attached hydrogens (tertiary/aromatic N) is 1. The Kier molecular flexibility index (Phi) is 3.84. The Hall–Kier alpha value is -2.06. The molecule has 20 heavy (non-hydrogen) atoms. The van der Waals surface area contributed by atoms with Crippen LogP contribution in [0.1, 0.15) is 5.56 Å².